The SMILES string of the molecule is CN1C(=O)CC(C(=O)NCc2ccc(F)cc2)C1c1ccc(F)cc1. The van der Waals surface area contributed by atoms with Gasteiger partial charge in [-0.3, -0.25) is 9.59 Å². The van der Waals surface area contributed by atoms with Crippen LogP contribution in [0.15, 0.2) is 48.5 Å². The Kier molecular flexibility index (Phi) is 4.79. The molecular weight excluding hydrogens is 326 g/mol. The van der Waals surface area contributed by atoms with Gasteiger partial charge in [-0.15, -0.1) is 0 Å². The maximum absolute atomic E-state index is 13.2. The van der Waals surface area contributed by atoms with Crippen LogP contribution in [0.2, 0.25) is 0 Å². The molecule has 1 saturated heterocycles. The summed E-state index contributed by atoms with van der Waals surface area (Å²) in [5.41, 5.74) is 1.49. The lowest BCUT2D eigenvalue weighted by molar-refractivity contribution is -0.128. The van der Waals surface area contributed by atoms with Crippen molar-refractivity contribution in [2.45, 2.75) is 19.0 Å². The quantitative estimate of drug-likeness (QED) is 0.927. The summed E-state index contributed by atoms with van der Waals surface area (Å²) in [6, 6.07) is 11.2. The third-order valence-corrected chi connectivity index (χ3v) is 4.51. The van der Waals surface area contributed by atoms with Gasteiger partial charge in [0.25, 0.3) is 0 Å². The second-order valence-corrected chi connectivity index (χ2v) is 6.16. The molecule has 1 aliphatic heterocycles. The molecule has 2 amide bonds. The molecule has 2 atom stereocenters. The van der Waals surface area contributed by atoms with Crippen molar-refractivity contribution in [3.8, 4) is 0 Å². The number of benzene rings is 2. The summed E-state index contributed by atoms with van der Waals surface area (Å²) >= 11 is 0. The minimum Gasteiger partial charge on any atom is -0.352 e. The predicted molar refractivity (Wildman–Crippen MR) is 88.3 cm³/mol. The van der Waals surface area contributed by atoms with E-state index in [1.54, 1.807) is 31.3 Å². The Labute approximate surface area is 144 Å². The molecule has 0 aromatic heterocycles. The third kappa shape index (κ3) is 3.68. The fourth-order valence-corrected chi connectivity index (χ4v) is 3.14. The molecule has 0 spiro atoms. The second kappa shape index (κ2) is 7.01. The van der Waals surface area contributed by atoms with E-state index in [2.05, 4.69) is 5.32 Å². The van der Waals surface area contributed by atoms with E-state index in [1.807, 2.05) is 0 Å². The number of hydrogen-bond acceptors (Lipinski definition) is 2. The highest BCUT2D eigenvalue weighted by atomic mass is 19.1. The van der Waals surface area contributed by atoms with E-state index >= 15 is 0 Å². The maximum Gasteiger partial charge on any atom is 0.226 e. The molecule has 2 aromatic rings. The van der Waals surface area contributed by atoms with Gasteiger partial charge in [-0.1, -0.05) is 24.3 Å². The number of halogens is 2. The Morgan fingerprint density at radius 1 is 1.08 bits per heavy atom. The fraction of sp³-hybridized carbons (Fsp3) is 0.263. The molecule has 0 bridgehead atoms. The number of carbonyl (C=O) groups is 2. The van der Waals surface area contributed by atoms with Crippen LogP contribution in [0.1, 0.15) is 23.6 Å². The van der Waals surface area contributed by atoms with Crippen LogP contribution in [0, 0.1) is 17.6 Å². The van der Waals surface area contributed by atoms with E-state index in [0.29, 0.717) is 0 Å². The number of nitrogens with one attached hydrogen (secondary N) is 1. The minimum absolute atomic E-state index is 0.105. The van der Waals surface area contributed by atoms with Crippen LogP contribution in [0.5, 0.6) is 0 Å². The van der Waals surface area contributed by atoms with Gasteiger partial charge in [0.15, 0.2) is 0 Å². The van der Waals surface area contributed by atoms with E-state index in [-0.39, 0.29) is 36.4 Å². The molecule has 4 nitrogen and oxygen atoms in total. The summed E-state index contributed by atoms with van der Waals surface area (Å²) in [6.45, 7) is 0.254. The van der Waals surface area contributed by atoms with Crippen LogP contribution in [-0.4, -0.2) is 23.8 Å². The molecule has 6 heteroatoms. The number of likely N-dealkylation sites (tertiary alicyclic amines) is 1. The van der Waals surface area contributed by atoms with Crippen LogP contribution in [-0.2, 0) is 16.1 Å². The normalized spacial score (nSPS) is 20.0. The Morgan fingerprint density at radius 3 is 2.24 bits per heavy atom. The molecule has 1 N–H and O–H groups in total. The van der Waals surface area contributed by atoms with Crippen LogP contribution < -0.4 is 5.32 Å². The zero-order valence-corrected chi connectivity index (χ0v) is 13.7. The Bertz CT molecular complexity index is 775. The summed E-state index contributed by atoms with van der Waals surface area (Å²) < 4.78 is 26.1. The van der Waals surface area contributed by atoms with Crippen molar-refractivity contribution in [3.63, 3.8) is 0 Å². The molecule has 0 radical (unpaired) electrons. The van der Waals surface area contributed by atoms with Gasteiger partial charge in [0, 0.05) is 20.0 Å². The van der Waals surface area contributed by atoms with Crippen molar-refractivity contribution in [1.29, 1.82) is 0 Å². The average Bonchev–Trinajstić information content (AvgIpc) is 2.90. The number of rotatable bonds is 4. The van der Waals surface area contributed by atoms with Crippen molar-refractivity contribution in [2.24, 2.45) is 5.92 Å². The molecular formula is C19H18F2N2O2. The molecule has 0 saturated carbocycles. The highest BCUT2D eigenvalue weighted by Crippen LogP contribution is 2.37. The molecule has 25 heavy (non-hydrogen) atoms. The van der Waals surface area contributed by atoms with Crippen molar-refractivity contribution in [3.05, 3.63) is 71.3 Å². The Balaban J connectivity index is 1.74. The first kappa shape index (κ1) is 17.1. The van der Waals surface area contributed by atoms with Crippen LogP contribution in [0.4, 0.5) is 8.78 Å². The smallest absolute Gasteiger partial charge is 0.226 e. The second-order valence-electron chi connectivity index (χ2n) is 6.16. The zero-order chi connectivity index (χ0) is 18.0. The maximum atomic E-state index is 13.2. The summed E-state index contributed by atoms with van der Waals surface area (Å²) in [6.07, 6.45) is 0.105. The fourth-order valence-electron chi connectivity index (χ4n) is 3.14. The van der Waals surface area contributed by atoms with Crippen molar-refractivity contribution in [1.82, 2.24) is 10.2 Å². The molecule has 0 aliphatic carbocycles. The molecule has 2 aromatic carbocycles. The van der Waals surface area contributed by atoms with Crippen molar-refractivity contribution >= 4 is 11.8 Å². The highest BCUT2D eigenvalue weighted by molar-refractivity contribution is 5.90. The van der Waals surface area contributed by atoms with E-state index < -0.39 is 12.0 Å². The highest BCUT2D eigenvalue weighted by Gasteiger charge is 2.42. The molecule has 130 valence electrons. The van der Waals surface area contributed by atoms with Gasteiger partial charge in [-0.25, -0.2) is 8.78 Å². The Morgan fingerprint density at radius 2 is 1.64 bits per heavy atom. The van der Waals surface area contributed by atoms with Gasteiger partial charge >= 0.3 is 0 Å². The number of nitrogens with zero attached hydrogens (tertiary/aromatic N) is 1. The van der Waals surface area contributed by atoms with E-state index in [1.165, 1.54) is 29.2 Å². The van der Waals surface area contributed by atoms with E-state index in [4.69, 9.17) is 0 Å². The lowest BCUT2D eigenvalue weighted by Crippen LogP contribution is -2.34. The van der Waals surface area contributed by atoms with Gasteiger partial charge in [-0.2, -0.15) is 0 Å². The van der Waals surface area contributed by atoms with Gasteiger partial charge in [0.2, 0.25) is 11.8 Å². The monoisotopic (exact) mass is 344 g/mol. The van der Waals surface area contributed by atoms with Gasteiger partial charge < -0.3 is 10.2 Å². The molecule has 1 aliphatic rings. The van der Waals surface area contributed by atoms with Crippen LogP contribution in [0.25, 0.3) is 0 Å². The number of carbonyl (C=O) groups excluding carboxylic acids is 2. The molecule has 3 rings (SSSR count). The molecule has 2 unspecified atom stereocenters. The van der Waals surface area contributed by atoms with Gasteiger partial charge in [0.05, 0.1) is 12.0 Å². The first-order chi connectivity index (χ1) is 12.0. The van der Waals surface area contributed by atoms with E-state index in [0.717, 1.165) is 11.1 Å². The Hall–Kier alpha value is -2.76. The minimum atomic E-state index is -0.552. The first-order valence-electron chi connectivity index (χ1n) is 7.99. The van der Waals surface area contributed by atoms with E-state index in [9.17, 15) is 18.4 Å². The van der Waals surface area contributed by atoms with Crippen molar-refractivity contribution < 1.29 is 18.4 Å². The lowest BCUT2D eigenvalue weighted by Gasteiger charge is -2.25. The summed E-state index contributed by atoms with van der Waals surface area (Å²) in [4.78, 5) is 26.2. The van der Waals surface area contributed by atoms with Crippen molar-refractivity contribution in [2.75, 3.05) is 7.05 Å². The standard InChI is InChI=1S/C19H18F2N2O2/c1-23-17(24)10-16(18(23)13-4-8-15(21)9-5-13)19(25)22-11-12-2-6-14(20)7-3-12/h2-9,16,18H,10-11H2,1H3,(H,22,25). The third-order valence-electron chi connectivity index (χ3n) is 4.51. The zero-order valence-electron chi connectivity index (χ0n) is 13.7. The summed E-state index contributed by atoms with van der Waals surface area (Å²) in [7, 11) is 1.64. The lowest BCUT2D eigenvalue weighted by atomic mass is 9.93. The predicted octanol–water partition coefficient (Wildman–Crippen LogP) is 2.80. The number of hydrogen-bond donors (Lipinski definition) is 1. The van der Waals surface area contributed by atoms with Crippen LogP contribution >= 0.6 is 0 Å². The van der Waals surface area contributed by atoms with Gasteiger partial charge in [0.1, 0.15) is 11.6 Å². The first-order valence-corrected chi connectivity index (χ1v) is 7.99. The largest absolute Gasteiger partial charge is 0.352 e. The molecule has 1 heterocycles. The van der Waals surface area contributed by atoms with Crippen LogP contribution in [0.3, 0.4) is 0 Å². The summed E-state index contributed by atoms with van der Waals surface area (Å²) in [5.74, 6) is -1.64. The molecule has 1 fully saturated rings. The number of amides is 2. The average molecular weight is 344 g/mol. The summed E-state index contributed by atoms with van der Waals surface area (Å²) in [5, 5.41) is 2.80. The van der Waals surface area contributed by atoms with Gasteiger partial charge in [-0.05, 0) is 35.4 Å². The topological polar surface area (TPSA) is 49.4 Å².